The minimum atomic E-state index is 0.469. The summed E-state index contributed by atoms with van der Waals surface area (Å²) in [5, 5.41) is 3.48. The summed E-state index contributed by atoms with van der Waals surface area (Å²) in [4.78, 5) is 0. The molecule has 0 spiro atoms. The summed E-state index contributed by atoms with van der Waals surface area (Å²) in [7, 11) is 1.70. The summed E-state index contributed by atoms with van der Waals surface area (Å²) in [6.45, 7) is 11.4. The van der Waals surface area contributed by atoms with E-state index in [1.54, 1.807) is 7.11 Å². The minimum absolute atomic E-state index is 0.469. The predicted molar refractivity (Wildman–Crippen MR) is 73.5 cm³/mol. The average Bonchev–Trinajstić information content (AvgIpc) is 2.24. The maximum atomic E-state index is 5.39. The summed E-state index contributed by atoms with van der Waals surface area (Å²) < 4.78 is 10.3. The highest BCUT2D eigenvalue weighted by atomic mass is 16.5. The van der Waals surface area contributed by atoms with Crippen molar-refractivity contribution in [2.45, 2.75) is 46.5 Å². The Bertz CT molecular complexity index is 155. The van der Waals surface area contributed by atoms with Gasteiger partial charge in [-0.15, -0.1) is 0 Å². The Hall–Kier alpha value is -0.120. The second-order valence-corrected chi connectivity index (χ2v) is 5.73. The Morgan fingerprint density at radius 1 is 0.882 bits per heavy atom. The van der Waals surface area contributed by atoms with Crippen LogP contribution >= 0.6 is 0 Å². The molecule has 0 atom stereocenters. The summed E-state index contributed by atoms with van der Waals surface area (Å²) in [6.07, 6.45) is 4.90. The molecular weight excluding hydrogens is 214 g/mol. The van der Waals surface area contributed by atoms with Gasteiger partial charge in [-0.1, -0.05) is 20.8 Å². The van der Waals surface area contributed by atoms with Crippen molar-refractivity contribution in [1.29, 1.82) is 0 Å². The molecule has 104 valence electrons. The zero-order valence-electron chi connectivity index (χ0n) is 12.2. The molecule has 0 radical (unpaired) electrons. The quantitative estimate of drug-likeness (QED) is 0.568. The lowest BCUT2D eigenvalue weighted by molar-refractivity contribution is 0.0688. The topological polar surface area (TPSA) is 30.5 Å². The number of unbranched alkanes of at least 4 members (excludes halogenated alkanes) is 1. The van der Waals surface area contributed by atoms with Crippen molar-refractivity contribution >= 4 is 0 Å². The third-order valence-electron chi connectivity index (χ3n) is 2.60. The Morgan fingerprint density at radius 2 is 1.59 bits per heavy atom. The van der Waals surface area contributed by atoms with Crippen LogP contribution in [0.3, 0.4) is 0 Å². The van der Waals surface area contributed by atoms with Crippen molar-refractivity contribution in [3.05, 3.63) is 0 Å². The Morgan fingerprint density at radius 3 is 2.24 bits per heavy atom. The summed E-state index contributed by atoms with van der Waals surface area (Å²) in [5.41, 5.74) is 0.469. The van der Waals surface area contributed by atoms with Crippen LogP contribution in [0.2, 0.25) is 0 Å². The van der Waals surface area contributed by atoms with Gasteiger partial charge in [0.1, 0.15) is 0 Å². The van der Waals surface area contributed by atoms with Gasteiger partial charge in [-0.2, -0.15) is 0 Å². The van der Waals surface area contributed by atoms with Crippen molar-refractivity contribution in [2.24, 2.45) is 5.41 Å². The van der Waals surface area contributed by atoms with Gasteiger partial charge in [-0.25, -0.2) is 0 Å². The van der Waals surface area contributed by atoms with E-state index >= 15 is 0 Å². The standard InChI is InChI=1S/C14H31NO2/c1-14(2,3)8-7-10-15-9-5-6-11-17-13-12-16-4/h15H,5-13H2,1-4H3. The lowest BCUT2D eigenvalue weighted by Crippen LogP contribution is -2.19. The van der Waals surface area contributed by atoms with Crippen molar-refractivity contribution in [3.8, 4) is 0 Å². The van der Waals surface area contributed by atoms with Gasteiger partial charge < -0.3 is 14.8 Å². The molecule has 17 heavy (non-hydrogen) atoms. The molecule has 0 aromatic carbocycles. The third-order valence-corrected chi connectivity index (χ3v) is 2.60. The van der Waals surface area contributed by atoms with Crippen LogP contribution < -0.4 is 5.32 Å². The molecule has 0 unspecified atom stereocenters. The van der Waals surface area contributed by atoms with E-state index in [4.69, 9.17) is 9.47 Å². The maximum absolute atomic E-state index is 5.39. The summed E-state index contributed by atoms with van der Waals surface area (Å²) in [6, 6.07) is 0. The monoisotopic (exact) mass is 245 g/mol. The van der Waals surface area contributed by atoms with Crippen molar-refractivity contribution in [1.82, 2.24) is 5.32 Å². The first kappa shape index (κ1) is 16.9. The van der Waals surface area contributed by atoms with E-state index in [9.17, 15) is 0 Å². The summed E-state index contributed by atoms with van der Waals surface area (Å²) >= 11 is 0. The van der Waals surface area contributed by atoms with Gasteiger partial charge in [0.15, 0.2) is 0 Å². The first-order valence-corrected chi connectivity index (χ1v) is 6.83. The second-order valence-electron chi connectivity index (χ2n) is 5.73. The van der Waals surface area contributed by atoms with Crippen LogP contribution in [0.4, 0.5) is 0 Å². The highest BCUT2D eigenvalue weighted by molar-refractivity contribution is 4.62. The number of nitrogens with one attached hydrogen (secondary N) is 1. The van der Waals surface area contributed by atoms with E-state index < -0.39 is 0 Å². The number of ether oxygens (including phenoxy) is 2. The van der Waals surface area contributed by atoms with E-state index in [0.717, 1.165) is 32.7 Å². The lowest BCUT2D eigenvalue weighted by atomic mass is 9.91. The molecule has 0 aromatic heterocycles. The van der Waals surface area contributed by atoms with E-state index in [1.165, 1.54) is 19.3 Å². The normalized spacial score (nSPS) is 12.0. The van der Waals surface area contributed by atoms with Crippen LogP contribution in [0.25, 0.3) is 0 Å². The molecule has 0 fully saturated rings. The average molecular weight is 245 g/mol. The zero-order valence-corrected chi connectivity index (χ0v) is 12.2. The fourth-order valence-electron chi connectivity index (χ4n) is 1.57. The van der Waals surface area contributed by atoms with Crippen LogP contribution in [0.5, 0.6) is 0 Å². The van der Waals surface area contributed by atoms with Crippen LogP contribution in [-0.4, -0.2) is 40.0 Å². The Kier molecular flexibility index (Phi) is 10.9. The van der Waals surface area contributed by atoms with Crippen LogP contribution in [0, 0.1) is 5.41 Å². The zero-order chi connectivity index (χ0) is 13.0. The van der Waals surface area contributed by atoms with Crippen molar-refractivity contribution < 1.29 is 9.47 Å². The smallest absolute Gasteiger partial charge is 0.0700 e. The molecule has 0 bridgehead atoms. The molecule has 0 amide bonds. The lowest BCUT2D eigenvalue weighted by Gasteiger charge is -2.17. The molecular formula is C14H31NO2. The molecule has 3 heteroatoms. The third kappa shape index (κ3) is 15.9. The molecule has 0 saturated carbocycles. The highest BCUT2D eigenvalue weighted by Crippen LogP contribution is 2.19. The van der Waals surface area contributed by atoms with E-state index in [1.807, 2.05) is 0 Å². The first-order valence-electron chi connectivity index (χ1n) is 6.83. The molecule has 0 aliphatic carbocycles. The fourth-order valence-corrected chi connectivity index (χ4v) is 1.57. The van der Waals surface area contributed by atoms with Gasteiger partial charge in [0.05, 0.1) is 13.2 Å². The fraction of sp³-hybridized carbons (Fsp3) is 1.00. The van der Waals surface area contributed by atoms with Gasteiger partial charge in [-0.3, -0.25) is 0 Å². The largest absolute Gasteiger partial charge is 0.382 e. The van der Waals surface area contributed by atoms with Crippen molar-refractivity contribution in [3.63, 3.8) is 0 Å². The first-order chi connectivity index (χ1) is 8.06. The molecule has 0 saturated heterocycles. The van der Waals surface area contributed by atoms with Gasteiger partial charge in [0.2, 0.25) is 0 Å². The Labute approximate surface area is 107 Å². The summed E-state index contributed by atoms with van der Waals surface area (Å²) in [5.74, 6) is 0. The molecule has 1 N–H and O–H groups in total. The number of hydrogen-bond acceptors (Lipinski definition) is 3. The van der Waals surface area contributed by atoms with Crippen molar-refractivity contribution in [2.75, 3.05) is 40.0 Å². The SMILES string of the molecule is COCCOCCCCNCCCC(C)(C)C. The maximum Gasteiger partial charge on any atom is 0.0700 e. The second kappa shape index (κ2) is 11.0. The molecule has 0 aliphatic rings. The molecule has 0 rings (SSSR count). The number of methoxy groups -OCH3 is 1. The van der Waals surface area contributed by atoms with E-state index in [0.29, 0.717) is 12.0 Å². The van der Waals surface area contributed by atoms with Gasteiger partial charge in [0, 0.05) is 13.7 Å². The molecule has 3 nitrogen and oxygen atoms in total. The highest BCUT2D eigenvalue weighted by Gasteiger charge is 2.08. The molecule has 0 aliphatic heterocycles. The minimum Gasteiger partial charge on any atom is -0.382 e. The number of hydrogen-bond donors (Lipinski definition) is 1. The van der Waals surface area contributed by atoms with E-state index in [2.05, 4.69) is 26.1 Å². The van der Waals surface area contributed by atoms with Gasteiger partial charge in [0.25, 0.3) is 0 Å². The van der Waals surface area contributed by atoms with Gasteiger partial charge >= 0.3 is 0 Å². The molecule has 0 heterocycles. The Balaban J connectivity index is 2.99. The van der Waals surface area contributed by atoms with Crippen LogP contribution in [0.15, 0.2) is 0 Å². The van der Waals surface area contributed by atoms with E-state index in [-0.39, 0.29) is 0 Å². The van der Waals surface area contributed by atoms with Crippen LogP contribution in [-0.2, 0) is 9.47 Å². The van der Waals surface area contributed by atoms with Gasteiger partial charge in [-0.05, 0) is 44.2 Å². The molecule has 0 aromatic rings. The predicted octanol–water partition coefficient (Wildman–Crippen LogP) is 2.85. The number of rotatable bonds is 11. The van der Waals surface area contributed by atoms with Crippen LogP contribution in [0.1, 0.15) is 46.5 Å².